The minimum absolute atomic E-state index is 0.0698. The Morgan fingerprint density at radius 3 is 2.79 bits per heavy atom. The van der Waals surface area contributed by atoms with Gasteiger partial charge in [-0.25, -0.2) is 0 Å². The molecule has 184 valence electrons. The lowest BCUT2D eigenvalue weighted by Gasteiger charge is -2.29. The molecule has 0 saturated heterocycles. The minimum atomic E-state index is -4.54. The summed E-state index contributed by atoms with van der Waals surface area (Å²) in [6, 6.07) is 2.28. The van der Waals surface area contributed by atoms with Crippen LogP contribution in [0.15, 0.2) is 6.07 Å². The van der Waals surface area contributed by atoms with E-state index in [1.807, 2.05) is 4.90 Å². The van der Waals surface area contributed by atoms with Gasteiger partial charge >= 0.3 is 12.2 Å². The Morgan fingerprint density at radius 1 is 1.24 bits per heavy atom. The molecule has 0 atom stereocenters. The Kier molecular flexibility index (Phi) is 7.19. The number of rotatable bonds is 9. The molecule has 1 aliphatic heterocycles. The average molecular weight is 498 g/mol. The second-order valence-electron chi connectivity index (χ2n) is 8.06. The third kappa shape index (κ3) is 5.40. The molecule has 1 amide bonds. The van der Waals surface area contributed by atoms with Crippen molar-refractivity contribution >= 4 is 33.3 Å². The molecule has 3 aromatic heterocycles. The number of carbonyl (C=O) groups is 1. The van der Waals surface area contributed by atoms with Gasteiger partial charge in [0, 0.05) is 31.4 Å². The van der Waals surface area contributed by atoms with E-state index in [4.69, 9.17) is 4.74 Å². The van der Waals surface area contributed by atoms with Gasteiger partial charge in [-0.1, -0.05) is 13.3 Å². The van der Waals surface area contributed by atoms with E-state index in [1.165, 1.54) is 11.8 Å². The fourth-order valence-electron chi connectivity index (χ4n) is 3.82. The second-order valence-corrected chi connectivity index (χ2v) is 9.18. The number of halogens is 3. The van der Waals surface area contributed by atoms with Gasteiger partial charge in [0.2, 0.25) is 11.7 Å². The number of hydrogen-bond acceptors (Lipinski definition) is 8. The maximum absolute atomic E-state index is 13.2. The molecular weight excluding hydrogens is 471 g/mol. The van der Waals surface area contributed by atoms with Crippen LogP contribution in [-0.2, 0) is 30.5 Å². The van der Waals surface area contributed by atoms with Gasteiger partial charge in [0.05, 0.1) is 18.5 Å². The van der Waals surface area contributed by atoms with Crippen molar-refractivity contribution in [2.24, 2.45) is 0 Å². The SMILES string of the molecule is CCCc1cc2c(N3CCn4c(nnc4C(F)(F)F)C3)nc(OCCCCNC(C)=O)nc2s1. The number of aromatic nitrogens is 5. The first kappa shape index (κ1) is 24.2. The molecule has 0 bridgehead atoms. The summed E-state index contributed by atoms with van der Waals surface area (Å²) in [5, 5.41) is 10.7. The van der Waals surface area contributed by atoms with E-state index in [1.54, 1.807) is 11.3 Å². The minimum Gasteiger partial charge on any atom is -0.463 e. The van der Waals surface area contributed by atoms with Gasteiger partial charge in [-0.05, 0) is 25.3 Å². The zero-order valence-corrected chi connectivity index (χ0v) is 19.8. The van der Waals surface area contributed by atoms with E-state index in [2.05, 4.69) is 38.5 Å². The van der Waals surface area contributed by atoms with E-state index < -0.39 is 12.0 Å². The van der Waals surface area contributed by atoms with Crippen LogP contribution < -0.4 is 15.0 Å². The number of nitrogens with one attached hydrogen (secondary N) is 1. The second kappa shape index (κ2) is 10.1. The summed E-state index contributed by atoms with van der Waals surface area (Å²) in [5.74, 6) is -0.173. The van der Waals surface area contributed by atoms with Crippen LogP contribution in [0, 0.1) is 0 Å². The van der Waals surface area contributed by atoms with Crippen LogP contribution in [0.4, 0.5) is 19.0 Å². The molecule has 0 aliphatic carbocycles. The first-order valence-electron chi connectivity index (χ1n) is 11.2. The number of amides is 1. The quantitative estimate of drug-likeness (QED) is 0.452. The van der Waals surface area contributed by atoms with Crippen LogP contribution in [0.2, 0.25) is 0 Å². The van der Waals surface area contributed by atoms with E-state index in [9.17, 15) is 18.0 Å². The predicted octanol–water partition coefficient (Wildman–Crippen LogP) is 3.57. The molecule has 0 spiro atoms. The maximum atomic E-state index is 13.2. The molecule has 4 rings (SSSR count). The van der Waals surface area contributed by atoms with Crippen molar-refractivity contribution in [1.82, 2.24) is 30.0 Å². The summed E-state index contributed by atoms with van der Waals surface area (Å²) in [5.41, 5.74) is 0. The largest absolute Gasteiger partial charge is 0.463 e. The van der Waals surface area contributed by atoms with Gasteiger partial charge < -0.3 is 19.5 Å². The van der Waals surface area contributed by atoms with E-state index in [0.717, 1.165) is 40.5 Å². The predicted molar refractivity (Wildman–Crippen MR) is 121 cm³/mol. The number of aryl methyl sites for hydroxylation is 1. The lowest BCUT2D eigenvalue weighted by atomic mass is 10.2. The van der Waals surface area contributed by atoms with Crippen molar-refractivity contribution in [2.75, 3.05) is 24.6 Å². The third-order valence-corrected chi connectivity index (χ3v) is 6.47. The van der Waals surface area contributed by atoms with Crippen LogP contribution in [-0.4, -0.2) is 50.3 Å². The van der Waals surface area contributed by atoms with Gasteiger partial charge in [0.15, 0.2) is 5.82 Å². The molecule has 34 heavy (non-hydrogen) atoms. The Morgan fingerprint density at radius 2 is 2.06 bits per heavy atom. The third-order valence-electron chi connectivity index (χ3n) is 5.38. The summed E-state index contributed by atoms with van der Waals surface area (Å²) in [7, 11) is 0. The number of thiophene rings is 1. The summed E-state index contributed by atoms with van der Waals surface area (Å²) in [6.45, 7) is 5.13. The topological polar surface area (TPSA) is 98.1 Å². The number of fused-ring (bicyclic) bond motifs is 2. The highest BCUT2D eigenvalue weighted by atomic mass is 32.1. The molecular formula is C21H26F3N7O2S. The number of ether oxygens (including phenoxy) is 1. The lowest BCUT2D eigenvalue weighted by Crippen LogP contribution is -2.36. The first-order valence-corrected chi connectivity index (χ1v) is 12.0. The van der Waals surface area contributed by atoms with Gasteiger partial charge in [0.1, 0.15) is 10.6 Å². The number of carbonyl (C=O) groups excluding carboxylic acids is 1. The zero-order chi connectivity index (χ0) is 24.3. The molecule has 4 heterocycles. The Labute approximate surface area is 198 Å². The van der Waals surface area contributed by atoms with Crippen LogP contribution >= 0.6 is 11.3 Å². The fraction of sp³-hybridized carbons (Fsp3) is 0.571. The fourth-order valence-corrected chi connectivity index (χ4v) is 4.93. The Balaban J connectivity index is 1.55. The number of alkyl halides is 3. The average Bonchev–Trinajstić information content (AvgIpc) is 3.38. The smallest absolute Gasteiger partial charge is 0.451 e. The standard InChI is InChI=1S/C21H26F3N7O2S/c1-3-6-14-11-15-17(30-8-9-31-16(12-30)28-29-19(31)21(22,23)24)26-20(27-18(15)34-14)33-10-5-4-7-25-13(2)32/h11H,3-10,12H2,1-2H3,(H,25,32). The van der Waals surface area contributed by atoms with Crippen molar-refractivity contribution in [2.45, 2.75) is 58.8 Å². The molecule has 0 radical (unpaired) electrons. The van der Waals surface area contributed by atoms with Gasteiger partial charge in [-0.15, -0.1) is 21.5 Å². The van der Waals surface area contributed by atoms with Crippen LogP contribution in [0.25, 0.3) is 10.2 Å². The molecule has 1 N–H and O–H groups in total. The molecule has 9 nitrogen and oxygen atoms in total. The maximum Gasteiger partial charge on any atom is 0.451 e. The molecule has 13 heteroatoms. The highest BCUT2D eigenvalue weighted by Crippen LogP contribution is 2.35. The summed E-state index contributed by atoms with van der Waals surface area (Å²) < 4.78 is 46.5. The molecule has 3 aromatic rings. The van der Waals surface area contributed by atoms with E-state index >= 15 is 0 Å². The Bertz CT molecular complexity index is 1160. The van der Waals surface area contributed by atoms with Crippen LogP contribution in [0.1, 0.15) is 49.6 Å². The lowest BCUT2D eigenvalue weighted by molar-refractivity contribution is -0.147. The first-order chi connectivity index (χ1) is 16.3. The van der Waals surface area contributed by atoms with Gasteiger partial charge in [-0.3, -0.25) is 4.79 Å². The van der Waals surface area contributed by atoms with E-state index in [-0.39, 0.29) is 30.8 Å². The molecule has 0 aromatic carbocycles. The number of anilines is 1. The number of unbranched alkanes of at least 4 members (excludes halogenated alkanes) is 1. The van der Waals surface area contributed by atoms with Crippen molar-refractivity contribution in [3.05, 3.63) is 22.6 Å². The molecule has 0 fully saturated rings. The van der Waals surface area contributed by atoms with Crippen LogP contribution in [0.3, 0.4) is 0 Å². The zero-order valence-electron chi connectivity index (χ0n) is 19.0. The summed E-state index contributed by atoms with van der Waals surface area (Å²) >= 11 is 1.57. The van der Waals surface area contributed by atoms with Gasteiger partial charge in [-0.2, -0.15) is 23.1 Å². The number of hydrogen-bond donors (Lipinski definition) is 1. The summed E-state index contributed by atoms with van der Waals surface area (Å²) in [6.07, 6.45) is -1.17. The van der Waals surface area contributed by atoms with E-state index in [0.29, 0.717) is 25.5 Å². The molecule has 0 saturated carbocycles. The van der Waals surface area contributed by atoms with Gasteiger partial charge in [0.25, 0.3) is 0 Å². The number of nitrogens with zero attached hydrogens (tertiary/aromatic N) is 6. The van der Waals surface area contributed by atoms with Crippen molar-refractivity contribution in [3.8, 4) is 6.01 Å². The monoisotopic (exact) mass is 497 g/mol. The Hall–Kier alpha value is -2.96. The highest BCUT2D eigenvalue weighted by molar-refractivity contribution is 7.18. The normalized spacial score (nSPS) is 13.9. The van der Waals surface area contributed by atoms with Crippen molar-refractivity contribution in [1.29, 1.82) is 0 Å². The summed E-state index contributed by atoms with van der Waals surface area (Å²) in [4.78, 5) is 24.0. The molecule has 0 unspecified atom stereocenters. The van der Waals surface area contributed by atoms with Crippen LogP contribution in [0.5, 0.6) is 6.01 Å². The molecule has 1 aliphatic rings. The highest BCUT2D eigenvalue weighted by Gasteiger charge is 2.39. The van der Waals surface area contributed by atoms with Crippen molar-refractivity contribution in [3.63, 3.8) is 0 Å². The van der Waals surface area contributed by atoms with Crippen molar-refractivity contribution < 1.29 is 22.7 Å².